The molecule has 0 saturated carbocycles. The monoisotopic (exact) mass is 478 g/mol. The molecule has 0 spiro atoms. The molecule has 0 heterocycles. The summed E-state index contributed by atoms with van der Waals surface area (Å²) in [6.45, 7) is 3.09. The van der Waals surface area contributed by atoms with Crippen molar-refractivity contribution >= 4 is 58.1 Å². The molecule has 0 aliphatic heterocycles. The summed E-state index contributed by atoms with van der Waals surface area (Å²) in [6.07, 6.45) is 19.4. The van der Waals surface area contributed by atoms with Gasteiger partial charge in [-0.1, -0.05) is 83.9 Å². The lowest BCUT2D eigenvalue weighted by Gasteiger charge is -2.06. The second-order valence-corrected chi connectivity index (χ2v) is 9.82. The first kappa shape index (κ1) is 24.9. The third kappa shape index (κ3) is 7.15. The van der Waals surface area contributed by atoms with Crippen LogP contribution in [0.25, 0.3) is 24.3 Å². The first-order chi connectivity index (χ1) is 16.4. The van der Waals surface area contributed by atoms with Crippen LogP contribution in [0.15, 0.2) is 70.5 Å². The summed E-state index contributed by atoms with van der Waals surface area (Å²) in [6, 6.07) is 19.3. The highest BCUT2D eigenvalue weighted by atomic mass is 32.2. The zero-order valence-electron chi connectivity index (χ0n) is 18.9. The number of carbonyl (C=O) groups excluding carboxylic acids is 2. The lowest BCUT2D eigenvalue weighted by Crippen LogP contribution is -1.90. The second kappa shape index (κ2) is 12.0. The van der Waals surface area contributed by atoms with E-state index in [-0.39, 0.29) is 10.2 Å². The molecule has 0 unspecified atom stereocenters. The summed E-state index contributed by atoms with van der Waals surface area (Å²) in [5, 5.41) is 0.0878. The predicted octanol–water partition coefficient (Wildman–Crippen LogP) is 7.27. The number of thioether (sulfide) groups is 2. The minimum atomic E-state index is 0.0439. The lowest BCUT2D eigenvalue weighted by molar-refractivity contribution is -0.109. The van der Waals surface area contributed by atoms with Gasteiger partial charge in [0.2, 0.25) is 0 Å². The summed E-state index contributed by atoms with van der Waals surface area (Å²) in [7, 11) is 0. The minimum absolute atomic E-state index is 0.0439. The van der Waals surface area contributed by atoms with Crippen molar-refractivity contribution in [2.75, 3.05) is 0 Å². The van der Waals surface area contributed by atoms with Crippen LogP contribution in [0.4, 0.5) is 0 Å². The Balaban J connectivity index is 1.89. The van der Waals surface area contributed by atoms with E-state index in [0.717, 1.165) is 43.2 Å². The highest BCUT2D eigenvalue weighted by Crippen LogP contribution is 2.24. The molecular formula is C30H22O2S2. The Morgan fingerprint density at radius 3 is 1.44 bits per heavy atom. The minimum Gasteiger partial charge on any atom is -0.287 e. The molecule has 166 valence electrons. The van der Waals surface area contributed by atoms with Gasteiger partial charge in [-0.3, -0.25) is 9.59 Å². The van der Waals surface area contributed by atoms with Crippen molar-refractivity contribution in [3.05, 3.63) is 94.0 Å². The van der Waals surface area contributed by atoms with Crippen molar-refractivity contribution in [1.29, 1.82) is 0 Å². The van der Waals surface area contributed by atoms with Crippen LogP contribution < -0.4 is 0 Å². The van der Waals surface area contributed by atoms with E-state index in [1.807, 2.05) is 85.0 Å². The molecule has 0 saturated heterocycles. The van der Waals surface area contributed by atoms with Crippen molar-refractivity contribution < 1.29 is 9.59 Å². The van der Waals surface area contributed by atoms with Crippen molar-refractivity contribution in [3.8, 4) is 24.7 Å². The summed E-state index contributed by atoms with van der Waals surface area (Å²) in [5.74, 6) is 5.49. The fourth-order valence-electron chi connectivity index (χ4n) is 3.23. The molecular weight excluding hydrogens is 456 g/mol. The SMILES string of the molecule is C#Cc1cc(/C=C/c2cccc(SC(C)=O)c2)c(C#C)cc1/C=C/c1cccc(SC(C)=O)c1. The maximum absolute atomic E-state index is 11.4. The molecule has 2 nitrogen and oxygen atoms in total. The Morgan fingerprint density at radius 1 is 0.676 bits per heavy atom. The summed E-state index contributed by atoms with van der Waals surface area (Å²) < 4.78 is 0. The Morgan fingerprint density at radius 2 is 1.09 bits per heavy atom. The fourth-order valence-corrected chi connectivity index (χ4v) is 4.57. The van der Waals surface area contributed by atoms with Gasteiger partial charge in [0.15, 0.2) is 10.2 Å². The van der Waals surface area contributed by atoms with Gasteiger partial charge < -0.3 is 0 Å². The predicted molar refractivity (Wildman–Crippen MR) is 146 cm³/mol. The van der Waals surface area contributed by atoms with Crippen LogP contribution in [0, 0.1) is 24.7 Å². The summed E-state index contributed by atoms with van der Waals surface area (Å²) in [5.41, 5.74) is 5.07. The van der Waals surface area contributed by atoms with Crippen LogP contribution in [0.2, 0.25) is 0 Å². The zero-order chi connectivity index (χ0) is 24.5. The normalized spacial score (nSPS) is 10.8. The Labute approximate surface area is 209 Å². The smallest absolute Gasteiger partial charge is 0.190 e. The van der Waals surface area contributed by atoms with Crippen molar-refractivity contribution in [3.63, 3.8) is 0 Å². The number of hydrogen-bond acceptors (Lipinski definition) is 4. The van der Waals surface area contributed by atoms with Crippen molar-refractivity contribution in [2.24, 2.45) is 0 Å². The molecule has 0 aliphatic rings. The van der Waals surface area contributed by atoms with Gasteiger partial charge in [0.25, 0.3) is 0 Å². The Kier molecular flexibility index (Phi) is 8.77. The van der Waals surface area contributed by atoms with Crippen LogP contribution in [0.5, 0.6) is 0 Å². The molecule has 0 atom stereocenters. The molecule has 3 aromatic carbocycles. The number of benzene rings is 3. The lowest BCUT2D eigenvalue weighted by atomic mass is 9.97. The molecule has 34 heavy (non-hydrogen) atoms. The second-order valence-electron chi connectivity index (χ2n) is 7.31. The quantitative estimate of drug-likeness (QED) is 0.212. The van der Waals surface area contributed by atoms with E-state index in [2.05, 4.69) is 11.8 Å². The van der Waals surface area contributed by atoms with Gasteiger partial charge in [0.05, 0.1) is 0 Å². The zero-order valence-corrected chi connectivity index (χ0v) is 20.5. The number of carbonyl (C=O) groups is 2. The van der Waals surface area contributed by atoms with E-state index < -0.39 is 0 Å². The largest absolute Gasteiger partial charge is 0.287 e. The van der Waals surface area contributed by atoms with Gasteiger partial charge >= 0.3 is 0 Å². The molecule has 0 N–H and O–H groups in total. The highest BCUT2D eigenvalue weighted by molar-refractivity contribution is 8.13. The molecule has 0 bridgehead atoms. The average Bonchev–Trinajstić information content (AvgIpc) is 2.81. The molecule has 0 amide bonds. The number of hydrogen-bond donors (Lipinski definition) is 0. The maximum Gasteiger partial charge on any atom is 0.190 e. The third-order valence-electron chi connectivity index (χ3n) is 4.68. The molecule has 0 fully saturated rings. The molecule has 0 radical (unpaired) electrons. The molecule has 0 aliphatic carbocycles. The van der Waals surface area contributed by atoms with Crippen LogP contribution >= 0.6 is 23.5 Å². The van der Waals surface area contributed by atoms with Gasteiger partial charge in [0, 0.05) is 34.8 Å². The van der Waals surface area contributed by atoms with Gasteiger partial charge in [-0.25, -0.2) is 0 Å². The van der Waals surface area contributed by atoms with Crippen molar-refractivity contribution in [2.45, 2.75) is 23.6 Å². The fraction of sp³-hybridized carbons (Fsp3) is 0.0667. The molecule has 0 aromatic heterocycles. The van der Waals surface area contributed by atoms with E-state index in [0.29, 0.717) is 0 Å². The molecule has 3 rings (SSSR count). The van der Waals surface area contributed by atoms with Crippen molar-refractivity contribution in [1.82, 2.24) is 0 Å². The van der Waals surface area contributed by atoms with E-state index in [1.165, 1.54) is 23.5 Å². The van der Waals surface area contributed by atoms with E-state index in [1.54, 1.807) is 13.8 Å². The molecule has 4 heteroatoms. The first-order valence-electron chi connectivity index (χ1n) is 10.4. The van der Waals surface area contributed by atoms with Gasteiger partial charge in [-0.05, 0) is 58.7 Å². The Bertz CT molecular complexity index is 1270. The number of rotatable bonds is 6. The highest BCUT2D eigenvalue weighted by Gasteiger charge is 2.05. The van der Waals surface area contributed by atoms with E-state index >= 15 is 0 Å². The van der Waals surface area contributed by atoms with Gasteiger partial charge in [-0.15, -0.1) is 12.8 Å². The van der Waals surface area contributed by atoms with Crippen LogP contribution in [-0.4, -0.2) is 10.2 Å². The topological polar surface area (TPSA) is 34.1 Å². The summed E-state index contributed by atoms with van der Waals surface area (Å²) >= 11 is 2.40. The average molecular weight is 479 g/mol. The van der Waals surface area contributed by atoms with Crippen LogP contribution in [0.3, 0.4) is 0 Å². The van der Waals surface area contributed by atoms with Crippen LogP contribution in [0.1, 0.15) is 47.2 Å². The standard InChI is InChI=1S/C30H22O2S2/c1-5-25-19-28(16-14-24-10-8-12-30(18-24)34-22(4)32)26(6-2)20-27(25)15-13-23-9-7-11-29(17-23)33-21(3)31/h1-2,7-20H,3-4H3/b15-13+,16-14+. The van der Waals surface area contributed by atoms with Crippen LogP contribution in [-0.2, 0) is 9.59 Å². The van der Waals surface area contributed by atoms with E-state index in [4.69, 9.17) is 12.8 Å². The first-order valence-corrected chi connectivity index (χ1v) is 12.1. The summed E-state index contributed by atoms with van der Waals surface area (Å²) in [4.78, 5) is 24.5. The van der Waals surface area contributed by atoms with Gasteiger partial charge in [0.1, 0.15) is 0 Å². The van der Waals surface area contributed by atoms with E-state index in [9.17, 15) is 9.59 Å². The number of terminal acetylenes is 2. The maximum atomic E-state index is 11.4. The molecule has 3 aromatic rings. The Hall–Kier alpha value is -3.70. The van der Waals surface area contributed by atoms with Gasteiger partial charge in [-0.2, -0.15) is 0 Å². The third-order valence-corrected chi connectivity index (χ3v) is 6.24.